The van der Waals surface area contributed by atoms with Gasteiger partial charge in [-0.1, -0.05) is 30.3 Å². The Bertz CT molecular complexity index is 816. The van der Waals surface area contributed by atoms with E-state index in [-0.39, 0.29) is 24.2 Å². The molecule has 146 valence electrons. The Kier molecular flexibility index (Phi) is 5.58. The maximum absolute atomic E-state index is 12.7. The average Bonchev–Trinajstić information content (AvgIpc) is 3.15. The van der Waals surface area contributed by atoms with Crippen LogP contribution in [0.4, 0.5) is 5.69 Å². The summed E-state index contributed by atoms with van der Waals surface area (Å²) in [5.74, 6) is 0.520. The van der Waals surface area contributed by atoms with E-state index in [9.17, 15) is 9.59 Å². The van der Waals surface area contributed by atoms with E-state index in [1.807, 2.05) is 59.5 Å². The summed E-state index contributed by atoms with van der Waals surface area (Å²) in [6, 6.07) is 17.4. The van der Waals surface area contributed by atoms with E-state index in [1.54, 1.807) is 4.90 Å². The summed E-state index contributed by atoms with van der Waals surface area (Å²) in [6.45, 7) is 3.28. The van der Waals surface area contributed by atoms with Crippen molar-refractivity contribution >= 4 is 17.5 Å². The van der Waals surface area contributed by atoms with E-state index < -0.39 is 0 Å². The normalized spacial score (nSPS) is 19.7. The largest absolute Gasteiger partial charge is 0.489 e. The SMILES string of the molecule is O=C(C1CC(=O)N(c2ccc(OCc3ccccc3)cc2)C1)N1CCOCC1. The number of amides is 2. The number of anilines is 1. The smallest absolute Gasteiger partial charge is 0.228 e. The summed E-state index contributed by atoms with van der Waals surface area (Å²) in [5.41, 5.74) is 1.90. The molecule has 2 aromatic rings. The van der Waals surface area contributed by atoms with E-state index >= 15 is 0 Å². The van der Waals surface area contributed by atoms with Gasteiger partial charge in [0.05, 0.1) is 19.1 Å². The first-order valence-corrected chi connectivity index (χ1v) is 9.64. The van der Waals surface area contributed by atoms with Crippen LogP contribution in [0.3, 0.4) is 0 Å². The van der Waals surface area contributed by atoms with Gasteiger partial charge in [-0.2, -0.15) is 0 Å². The van der Waals surface area contributed by atoms with Crippen molar-refractivity contribution < 1.29 is 19.1 Å². The van der Waals surface area contributed by atoms with Crippen molar-refractivity contribution in [3.63, 3.8) is 0 Å². The number of hydrogen-bond donors (Lipinski definition) is 0. The van der Waals surface area contributed by atoms with Crippen LogP contribution in [0.15, 0.2) is 54.6 Å². The summed E-state index contributed by atoms with van der Waals surface area (Å²) in [6.07, 6.45) is 0.266. The molecule has 0 bridgehead atoms. The number of carbonyl (C=O) groups excluding carboxylic acids is 2. The fourth-order valence-corrected chi connectivity index (χ4v) is 3.63. The molecule has 0 spiro atoms. The molecule has 2 aliphatic rings. The minimum atomic E-state index is -0.278. The fraction of sp³-hybridized carbons (Fsp3) is 0.364. The Hall–Kier alpha value is -2.86. The molecule has 28 heavy (non-hydrogen) atoms. The van der Waals surface area contributed by atoms with Gasteiger partial charge in [0.25, 0.3) is 0 Å². The molecule has 6 nitrogen and oxygen atoms in total. The van der Waals surface area contributed by atoms with Crippen molar-refractivity contribution in [2.24, 2.45) is 5.92 Å². The average molecular weight is 380 g/mol. The lowest BCUT2D eigenvalue weighted by Crippen LogP contribution is -2.44. The quantitative estimate of drug-likeness (QED) is 0.800. The Labute approximate surface area is 164 Å². The predicted octanol–water partition coefficient (Wildman–Crippen LogP) is 2.48. The maximum Gasteiger partial charge on any atom is 0.228 e. The third kappa shape index (κ3) is 4.17. The monoisotopic (exact) mass is 380 g/mol. The number of hydrogen-bond acceptors (Lipinski definition) is 4. The highest BCUT2D eigenvalue weighted by Gasteiger charge is 2.37. The zero-order valence-corrected chi connectivity index (χ0v) is 15.8. The van der Waals surface area contributed by atoms with E-state index in [1.165, 1.54) is 0 Å². The van der Waals surface area contributed by atoms with Gasteiger partial charge in [-0.3, -0.25) is 9.59 Å². The zero-order chi connectivity index (χ0) is 19.3. The van der Waals surface area contributed by atoms with Crippen LogP contribution in [0.5, 0.6) is 5.75 Å². The number of carbonyl (C=O) groups is 2. The molecule has 0 saturated carbocycles. The van der Waals surface area contributed by atoms with Gasteiger partial charge in [0.15, 0.2) is 0 Å². The summed E-state index contributed by atoms with van der Waals surface area (Å²) in [7, 11) is 0. The standard InChI is InChI=1S/C22H24N2O4/c25-21-14-18(22(26)23-10-12-27-13-11-23)15-24(21)19-6-8-20(9-7-19)28-16-17-4-2-1-3-5-17/h1-9,18H,10-16H2. The topological polar surface area (TPSA) is 59.1 Å². The molecule has 2 heterocycles. The molecular weight excluding hydrogens is 356 g/mol. The van der Waals surface area contributed by atoms with Crippen molar-refractivity contribution in [2.75, 3.05) is 37.7 Å². The molecule has 0 radical (unpaired) electrons. The number of ether oxygens (including phenoxy) is 2. The van der Waals surface area contributed by atoms with Crippen LogP contribution >= 0.6 is 0 Å². The third-order valence-electron chi connectivity index (χ3n) is 5.19. The highest BCUT2D eigenvalue weighted by Crippen LogP contribution is 2.28. The summed E-state index contributed by atoms with van der Waals surface area (Å²) >= 11 is 0. The lowest BCUT2D eigenvalue weighted by Gasteiger charge is -2.29. The maximum atomic E-state index is 12.7. The first-order valence-electron chi connectivity index (χ1n) is 9.64. The summed E-state index contributed by atoms with van der Waals surface area (Å²) in [5, 5.41) is 0. The molecule has 2 saturated heterocycles. The molecule has 0 aliphatic carbocycles. The Morgan fingerprint density at radius 2 is 1.75 bits per heavy atom. The van der Waals surface area contributed by atoms with Crippen LogP contribution in [-0.2, 0) is 20.9 Å². The van der Waals surface area contributed by atoms with Crippen molar-refractivity contribution in [1.82, 2.24) is 4.90 Å². The van der Waals surface area contributed by atoms with Crippen LogP contribution in [0, 0.1) is 5.92 Å². The molecule has 1 atom stereocenters. The van der Waals surface area contributed by atoms with Gasteiger partial charge in [0.2, 0.25) is 11.8 Å². The highest BCUT2D eigenvalue weighted by atomic mass is 16.5. The molecule has 2 aliphatic heterocycles. The molecule has 1 unspecified atom stereocenters. The van der Waals surface area contributed by atoms with Gasteiger partial charge in [-0.15, -0.1) is 0 Å². The van der Waals surface area contributed by atoms with Crippen molar-refractivity contribution in [2.45, 2.75) is 13.0 Å². The molecule has 2 aromatic carbocycles. The molecule has 0 aromatic heterocycles. The molecule has 0 N–H and O–H groups in total. The Morgan fingerprint density at radius 1 is 1.04 bits per heavy atom. The van der Waals surface area contributed by atoms with E-state index in [0.717, 1.165) is 17.0 Å². The van der Waals surface area contributed by atoms with Crippen LogP contribution in [0.1, 0.15) is 12.0 Å². The lowest BCUT2D eigenvalue weighted by atomic mass is 10.1. The second-order valence-electron chi connectivity index (χ2n) is 7.11. The molecule has 6 heteroatoms. The zero-order valence-electron chi connectivity index (χ0n) is 15.8. The van der Waals surface area contributed by atoms with Crippen LogP contribution < -0.4 is 9.64 Å². The van der Waals surface area contributed by atoms with Crippen LogP contribution in [0.25, 0.3) is 0 Å². The number of benzene rings is 2. The lowest BCUT2D eigenvalue weighted by molar-refractivity contribution is -0.139. The van der Waals surface area contributed by atoms with Gasteiger partial charge in [0, 0.05) is 31.7 Å². The number of nitrogens with zero attached hydrogens (tertiary/aromatic N) is 2. The second kappa shape index (κ2) is 8.44. The van der Waals surface area contributed by atoms with Gasteiger partial charge < -0.3 is 19.3 Å². The van der Waals surface area contributed by atoms with Gasteiger partial charge in [-0.05, 0) is 29.8 Å². The molecule has 4 rings (SSSR count). The number of rotatable bonds is 5. The van der Waals surface area contributed by atoms with E-state index in [0.29, 0.717) is 39.5 Å². The molecule has 2 fully saturated rings. The van der Waals surface area contributed by atoms with Gasteiger partial charge >= 0.3 is 0 Å². The third-order valence-corrected chi connectivity index (χ3v) is 5.19. The first-order chi connectivity index (χ1) is 13.7. The van der Waals surface area contributed by atoms with Gasteiger partial charge in [-0.25, -0.2) is 0 Å². The van der Waals surface area contributed by atoms with Crippen molar-refractivity contribution in [3.8, 4) is 5.75 Å². The van der Waals surface area contributed by atoms with E-state index in [2.05, 4.69) is 0 Å². The van der Waals surface area contributed by atoms with Crippen LogP contribution in [-0.4, -0.2) is 49.6 Å². The van der Waals surface area contributed by atoms with Crippen molar-refractivity contribution in [3.05, 3.63) is 60.2 Å². The summed E-state index contributed by atoms with van der Waals surface area (Å²) in [4.78, 5) is 28.6. The number of morpholine rings is 1. The minimum absolute atomic E-state index is 0.00966. The van der Waals surface area contributed by atoms with Gasteiger partial charge in [0.1, 0.15) is 12.4 Å². The fourth-order valence-electron chi connectivity index (χ4n) is 3.63. The minimum Gasteiger partial charge on any atom is -0.489 e. The Morgan fingerprint density at radius 3 is 2.46 bits per heavy atom. The Balaban J connectivity index is 1.36. The summed E-state index contributed by atoms with van der Waals surface area (Å²) < 4.78 is 11.1. The first kappa shape index (κ1) is 18.5. The molecular formula is C22H24N2O4. The van der Waals surface area contributed by atoms with E-state index in [4.69, 9.17) is 9.47 Å². The highest BCUT2D eigenvalue weighted by molar-refractivity contribution is 6.00. The van der Waals surface area contributed by atoms with Crippen LogP contribution in [0.2, 0.25) is 0 Å². The second-order valence-corrected chi connectivity index (χ2v) is 7.11. The molecule has 2 amide bonds. The predicted molar refractivity (Wildman–Crippen MR) is 105 cm³/mol. The van der Waals surface area contributed by atoms with Crippen molar-refractivity contribution in [1.29, 1.82) is 0 Å².